The van der Waals surface area contributed by atoms with E-state index in [1.807, 2.05) is 60.3 Å². The first kappa shape index (κ1) is 22.1. The molecule has 3 aromatic heterocycles. The van der Waals surface area contributed by atoms with E-state index in [9.17, 15) is 4.79 Å². The van der Waals surface area contributed by atoms with Crippen LogP contribution in [-0.4, -0.2) is 30.7 Å². The molecule has 1 aromatic carbocycles. The maximum Gasteiger partial charge on any atom is 0.278 e. The van der Waals surface area contributed by atoms with Gasteiger partial charge in [-0.2, -0.15) is 10.1 Å². The summed E-state index contributed by atoms with van der Waals surface area (Å²) in [6, 6.07) is 12.1. The van der Waals surface area contributed by atoms with E-state index in [2.05, 4.69) is 26.9 Å². The van der Waals surface area contributed by atoms with Gasteiger partial charge < -0.3 is 9.32 Å². The highest BCUT2D eigenvalue weighted by Gasteiger charge is 2.51. The van der Waals surface area contributed by atoms with Crippen LogP contribution >= 0.6 is 0 Å². The third-order valence-electron chi connectivity index (χ3n) is 7.63. The van der Waals surface area contributed by atoms with Gasteiger partial charge >= 0.3 is 0 Å². The van der Waals surface area contributed by atoms with Crippen molar-refractivity contribution in [2.24, 2.45) is 11.8 Å². The number of carbonyl (C=O) groups excluding carboxylic acids is 1. The van der Waals surface area contributed by atoms with Crippen molar-refractivity contribution < 1.29 is 9.32 Å². The second-order valence-corrected chi connectivity index (χ2v) is 9.75. The average molecular weight is 477 g/mol. The summed E-state index contributed by atoms with van der Waals surface area (Å²) < 4.78 is 7.46. The Kier molecular flexibility index (Phi) is 4.97. The molecule has 0 unspecified atom stereocenters. The molecule has 36 heavy (non-hydrogen) atoms. The first-order chi connectivity index (χ1) is 17.4. The standard InChI is InChI=1S/C28H24N6O2/c1-16-22-12-11-21-24(27-31-17(2)33-36-27)32-34(26(21)28(22,3)14-23(29-4)25(16)35)20-9-7-18(8-10-20)19-6-5-13-30-15-19/h5-10,13-16,22H,11-12H2,1-3H3/t16-,22-,28-/m1/s1. The molecule has 8 heteroatoms. The molecule has 0 amide bonds. The number of benzene rings is 1. The predicted molar refractivity (Wildman–Crippen MR) is 133 cm³/mol. The van der Waals surface area contributed by atoms with E-state index in [0.29, 0.717) is 17.4 Å². The van der Waals surface area contributed by atoms with E-state index in [0.717, 1.165) is 40.9 Å². The number of nitrogens with zero attached hydrogens (tertiary/aromatic N) is 6. The van der Waals surface area contributed by atoms with Gasteiger partial charge in [-0.25, -0.2) is 9.53 Å². The minimum Gasteiger partial charge on any atom is -0.332 e. The molecule has 3 atom stereocenters. The van der Waals surface area contributed by atoms with E-state index in [4.69, 9.17) is 16.2 Å². The second kappa shape index (κ2) is 8.09. The van der Waals surface area contributed by atoms with Crippen molar-refractivity contribution in [2.45, 2.75) is 39.0 Å². The second-order valence-electron chi connectivity index (χ2n) is 9.75. The monoisotopic (exact) mass is 476 g/mol. The smallest absolute Gasteiger partial charge is 0.278 e. The zero-order chi connectivity index (χ0) is 25.0. The average Bonchev–Trinajstić information content (AvgIpc) is 3.51. The lowest BCUT2D eigenvalue weighted by molar-refractivity contribution is -0.121. The molecule has 0 radical (unpaired) electrons. The summed E-state index contributed by atoms with van der Waals surface area (Å²) in [5.74, 6) is 0.663. The van der Waals surface area contributed by atoms with Gasteiger partial charge in [0.2, 0.25) is 5.70 Å². The van der Waals surface area contributed by atoms with Gasteiger partial charge in [0.25, 0.3) is 5.89 Å². The maximum absolute atomic E-state index is 12.9. The minimum atomic E-state index is -0.552. The molecule has 4 aromatic rings. The molecule has 2 aliphatic carbocycles. The summed E-state index contributed by atoms with van der Waals surface area (Å²) in [5, 5.41) is 8.97. The summed E-state index contributed by atoms with van der Waals surface area (Å²) in [4.78, 5) is 25.1. The predicted octanol–water partition coefficient (Wildman–Crippen LogP) is 5.13. The van der Waals surface area contributed by atoms with Crippen LogP contribution in [0.1, 0.15) is 37.4 Å². The highest BCUT2D eigenvalue weighted by molar-refractivity contribution is 6.00. The molecule has 3 heterocycles. The van der Waals surface area contributed by atoms with E-state index in [1.54, 1.807) is 13.1 Å². The normalized spacial score (nSPS) is 22.9. The molecule has 0 spiro atoms. The summed E-state index contributed by atoms with van der Waals surface area (Å²) in [6.07, 6.45) is 7.00. The summed E-state index contributed by atoms with van der Waals surface area (Å²) >= 11 is 0. The first-order valence-corrected chi connectivity index (χ1v) is 12.0. The lowest BCUT2D eigenvalue weighted by atomic mass is 9.58. The number of rotatable bonds is 3. The Labute approximate surface area is 208 Å². The number of carbonyl (C=O) groups is 1. The van der Waals surface area contributed by atoms with E-state index < -0.39 is 5.41 Å². The van der Waals surface area contributed by atoms with Gasteiger partial charge in [0.05, 0.1) is 18.0 Å². The largest absolute Gasteiger partial charge is 0.332 e. The third kappa shape index (κ3) is 3.23. The molecule has 0 aliphatic heterocycles. The van der Waals surface area contributed by atoms with Crippen molar-refractivity contribution in [3.63, 3.8) is 0 Å². The van der Waals surface area contributed by atoms with E-state index >= 15 is 0 Å². The zero-order valence-electron chi connectivity index (χ0n) is 20.3. The van der Waals surface area contributed by atoms with Crippen LogP contribution < -0.4 is 0 Å². The molecular formula is C28H24N6O2. The SMILES string of the molecule is [C-]#[N+]C1=C[C@@]2(C)c3c(c(-c4nc(C)no4)nn3-c3ccc(-c4cccnc4)cc3)CC[C@@H]2[C@@H](C)C1=O. The van der Waals surface area contributed by atoms with Crippen LogP contribution in [0.2, 0.25) is 0 Å². The van der Waals surface area contributed by atoms with Crippen LogP contribution in [0.15, 0.2) is 65.1 Å². The molecule has 6 rings (SSSR count). The van der Waals surface area contributed by atoms with Crippen molar-refractivity contribution in [1.82, 2.24) is 24.9 Å². The summed E-state index contributed by atoms with van der Waals surface area (Å²) in [6.45, 7) is 13.5. The number of hydrogen-bond donors (Lipinski definition) is 0. The van der Waals surface area contributed by atoms with Gasteiger partial charge in [-0.1, -0.05) is 43.3 Å². The van der Waals surface area contributed by atoms with Gasteiger partial charge in [-0.05, 0) is 55.0 Å². The number of allylic oxidation sites excluding steroid dienone is 2. The highest BCUT2D eigenvalue weighted by Crippen LogP contribution is 2.52. The van der Waals surface area contributed by atoms with Crippen molar-refractivity contribution in [3.8, 4) is 28.4 Å². The zero-order valence-corrected chi connectivity index (χ0v) is 20.3. The molecule has 0 saturated carbocycles. The summed E-state index contributed by atoms with van der Waals surface area (Å²) in [7, 11) is 0. The molecule has 8 nitrogen and oxygen atoms in total. The molecular weight excluding hydrogens is 452 g/mol. The number of fused-ring (bicyclic) bond motifs is 3. The number of aryl methyl sites for hydroxylation is 1. The fourth-order valence-electron chi connectivity index (χ4n) is 5.90. The Balaban J connectivity index is 1.57. The Morgan fingerprint density at radius 1 is 1.19 bits per heavy atom. The Morgan fingerprint density at radius 2 is 2.00 bits per heavy atom. The number of aromatic nitrogens is 5. The lowest BCUT2D eigenvalue weighted by Gasteiger charge is -2.45. The third-order valence-corrected chi connectivity index (χ3v) is 7.63. The Bertz CT molecular complexity index is 1560. The van der Waals surface area contributed by atoms with Gasteiger partial charge in [0.1, 0.15) is 0 Å². The first-order valence-electron chi connectivity index (χ1n) is 12.0. The lowest BCUT2D eigenvalue weighted by Crippen LogP contribution is -2.46. The number of pyridine rings is 1. The number of hydrogen-bond acceptors (Lipinski definition) is 6. The topological polar surface area (TPSA) is 91.1 Å². The number of Topliss-reactive ketones (excluding diaryl/α,β-unsaturated/α-hetero) is 1. The van der Waals surface area contributed by atoms with Gasteiger partial charge in [-0.3, -0.25) is 4.98 Å². The van der Waals surface area contributed by atoms with Gasteiger partial charge in [0, 0.05) is 29.3 Å². The van der Waals surface area contributed by atoms with Crippen LogP contribution in [-0.2, 0) is 16.6 Å². The summed E-state index contributed by atoms with van der Waals surface area (Å²) in [5.41, 5.74) is 5.26. The Hall–Kier alpha value is -4.38. The molecule has 0 N–H and O–H groups in total. The quantitative estimate of drug-likeness (QED) is 0.381. The fraction of sp³-hybridized carbons (Fsp3) is 0.286. The van der Waals surface area contributed by atoms with Crippen LogP contribution in [0.25, 0.3) is 33.2 Å². The van der Waals surface area contributed by atoms with E-state index in [-0.39, 0.29) is 23.3 Å². The van der Waals surface area contributed by atoms with Gasteiger partial charge in [-0.15, -0.1) is 0 Å². The number of ketones is 1. The van der Waals surface area contributed by atoms with E-state index in [1.165, 1.54) is 0 Å². The van der Waals surface area contributed by atoms with Crippen molar-refractivity contribution in [3.05, 3.63) is 89.1 Å². The van der Waals surface area contributed by atoms with Crippen molar-refractivity contribution in [1.29, 1.82) is 0 Å². The molecule has 178 valence electrons. The molecule has 2 aliphatic rings. The minimum absolute atomic E-state index is 0.0605. The molecule has 0 fully saturated rings. The highest BCUT2D eigenvalue weighted by atomic mass is 16.5. The van der Waals surface area contributed by atoms with Crippen LogP contribution in [0.5, 0.6) is 0 Å². The fourth-order valence-corrected chi connectivity index (χ4v) is 5.90. The van der Waals surface area contributed by atoms with Crippen molar-refractivity contribution >= 4 is 5.78 Å². The van der Waals surface area contributed by atoms with Gasteiger partial charge in [0.15, 0.2) is 17.3 Å². The Morgan fingerprint density at radius 3 is 2.67 bits per heavy atom. The molecule has 0 bridgehead atoms. The van der Waals surface area contributed by atoms with Crippen LogP contribution in [0.3, 0.4) is 0 Å². The van der Waals surface area contributed by atoms with Crippen molar-refractivity contribution in [2.75, 3.05) is 0 Å². The van der Waals surface area contributed by atoms with Crippen LogP contribution in [0.4, 0.5) is 0 Å². The molecule has 0 saturated heterocycles. The van der Waals surface area contributed by atoms with Crippen LogP contribution in [0, 0.1) is 25.3 Å². The maximum atomic E-state index is 12.9.